The first-order valence-electron chi connectivity index (χ1n) is 20.2. The van der Waals surface area contributed by atoms with Crippen molar-refractivity contribution >= 4 is 27.6 Å². The standard InChI is InChI=1S/C41H70O15P2/c1-4-5-17-25-36(42)27-20-15-16-21-28-37(43)26-19-12-9-10-14-23-30-41(46)56-39(34-55-58(50,51)54-32-38(44)31-53-57(47,48)49)33-52-40(45)29-22-13-8-6-7-11-18-24-35(2)3/h5,10,12,14-17,19-21,27-28,35-39,42-44H,4,6-9,11,13,18,22-26,29-34H2,1-3H3,(H,50,51)(H2,47,48,49)/b14-10-,16-15-,17-5-,19-12-,27-20+,28-21+/t36-,37+,38-,39+/m0/s1. The maximum atomic E-state index is 12.6. The predicted octanol–water partition coefficient (Wildman–Crippen LogP) is 7.63. The van der Waals surface area contributed by atoms with E-state index in [9.17, 15) is 38.9 Å². The van der Waals surface area contributed by atoms with Crippen LogP contribution in [0.15, 0.2) is 72.9 Å². The van der Waals surface area contributed by atoms with Crippen LogP contribution in [0.2, 0.25) is 0 Å². The third kappa shape index (κ3) is 39.0. The monoisotopic (exact) mass is 864 g/mol. The van der Waals surface area contributed by atoms with Crippen LogP contribution >= 0.6 is 15.6 Å². The Balaban J connectivity index is 4.80. The smallest absolute Gasteiger partial charge is 0.462 e. The van der Waals surface area contributed by atoms with E-state index in [1.165, 1.54) is 19.3 Å². The summed E-state index contributed by atoms with van der Waals surface area (Å²) >= 11 is 0. The van der Waals surface area contributed by atoms with Crippen LogP contribution < -0.4 is 0 Å². The zero-order valence-corrected chi connectivity index (χ0v) is 36.3. The van der Waals surface area contributed by atoms with Gasteiger partial charge in [0.2, 0.25) is 0 Å². The first-order chi connectivity index (χ1) is 27.5. The van der Waals surface area contributed by atoms with Crippen molar-refractivity contribution in [3.8, 4) is 0 Å². The molecule has 1 unspecified atom stereocenters. The van der Waals surface area contributed by atoms with E-state index in [2.05, 4.69) is 22.9 Å². The number of phosphoric acid groups is 2. The third-order valence-corrected chi connectivity index (χ3v) is 9.39. The lowest BCUT2D eigenvalue weighted by atomic mass is 10.0. The summed E-state index contributed by atoms with van der Waals surface area (Å²) in [4.78, 5) is 52.5. The zero-order chi connectivity index (χ0) is 43.5. The summed E-state index contributed by atoms with van der Waals surface area (Å²) < 4.78 is 47.5. The molecule has 5 atom stereocenters. The van der Waals surface area contributed by atoms with Crippen LogP contribution in [-0.2, 0) is 41.8 Å². The summed E-state index contributed by atoms with van der Waals surface area (Å²) in [6.07, 6.45) is 28.7. The van der Waals surface area contributed by atoms with Gasteiger partial charge >= 0.3 is 27.6 Å². The van der Waals surface area contributed by atoms with Crippen LogP contribution in [0.25, 0.3) is 0 Å². The van der Waals surface area contributed by atoms with Crippen molar-refractivity contribution in [2.75, 3.05) is 26.4 Å². The Labute approximate surface area is 345 Å². The molecule has 0 fully saturated rings. The van der Waals surface area contributed by atoms with Gasteiger partial charge in [-0.15, -0.1) is 0 Å². The van der Waals surface area contributed by atoms with Crippen LogP contribution in [0, 0.1) is 5.92 Å². The first-order valence-corrected chi connectivity index (χ1v) is 23.2. The number of phosphoric ester groups is 2. The van der Waals surface area contributed by atoms with Crippen LogP contribution in [0.1, 0.15) is 117 Å². The molecule has 0 bridgehead atoms. The fraction of sp³-hybridized carbons (Fsp3) is 0.659. The summed E-state index contributed by atoms with van der Waals surface area (Å²) in [6, 6.07) is 0. The molecule has 0 heterocycles. The van der Waals surface area contributed by atoms with Gasteiger partial charge in [0, 0.05) is 12.8 Å². The summed E-state index contributed by atoms with van der Waals surface area (Å²) in [5.74, 6) is -0.503. The Morgan fingerprint density at radius 3 is 1.78 bits per heavy atom. The maximum absolute atomic E-state index is 12.6. The summed E-state index contributed by atoms with van der Waals surface area (Å²) in [5, 5.41) is 29.7. The third-order valence-electron chi connectivity index (χ3n) is 7.96. The van der Waals surface area contributed by atoms with Gasteiger partial charge in [0.25, 0.3) is 0 Å². The molecule has 0 saturated heterocycles. The molecule has 0 aliphatic heterocycles. The highest BCUT2D eigenvalue weighted by molar-refractivity contribution is 7.47. The van der Waals surface area contributed by atoms with E-state index in [1.54, 1.807) is 42.5 Å². The van der Waals surface area contributed by atoms with Gasteiger partial charge in [-0.1, -0.05) is 139 Å². The van der Waals surface area contributed by atoms with Crippen LogP contribution in [0.3, 0.4) is 0 Å². The van der Waals surface area contributed by atoms with E-state index in [-0.39, 0.29) is 12.8 Å². The largest absolute Gasteiger partial charge is 0.472 e. The summed E-state index contributed by atoms with van der Waals surface area (Å²) in [5.41, 5.74) is 0. The van der Waals surface area contributed by atoms with E-state index < -0.39 is 78.4 Å². The first kappa shape index (κ1) is 55.5. The minimum absolute atomic E-state index is 0.0533. The number of hydrogen-bond donors (Lipinski definition) is 6. The van der Waals surface area contributed by atoms with Crippen molar-refractivity contribution in [3.05, 3.63) is 72.9 Å². The lowest BCUT2D eigenvalue weighted by Gasteiger charge is -2.20. The Bertz CT molecular complexity index is 1350. The van der Waals surface area contributed by atoms with Crippen molar-refractivity contribution in [1.29, 1.82) is 0 Å². The fourth-order valence-corrected chi connectivity index (χ4v) is 6.01. The van der Waals surface area contributed by atoms with Gasteiger partial charge in [0.1, 0.15) is 12.7 Å². The second kappa shape index (κ2) is 35.3. The lowest BCUT2D eigenvalue weighted by Crippen LogP contribution is -2.29. The number of rotatable bonds is 36. The molecule has 0 aliphatic rings. The molecule has 58 heavy (non-hydrogen) atoms. The summed E-state index contributed by atoms with van der Waals surface area (Å²) in [7, 11) is -9.74. The van der Waals surface area contributed by atoms with Gasteiger partial charge in [-0.2, -0.15) is 0 Å². The molecule has 0 spiro atoms. The maximum Gasteiger partial charge on any atom is 0.472 e. The Morgan fingerprint density at radius 2 is 1.17 bits per heavy atom. The van der Waals surface area contributed by atoms with E-state index in [0.717, 1.165) is 32.1 Å². The number of carbonyl (C=O) groups is 2. The Kier molecular flexibility index (Phi) is 33.7. The number of aliphatic hydroxyl groups is 3. The van der Waals surface area contributed by atoms with E-state index in [1.807, 2.05) is 37.3 Å². The predicted molar refractivity (Wildman–Crippen MR) is 223 cm³/mol. The van der Waals surface area contributed by atoms with Crippen LogP contribution in [0.4, 0.5) is 0 Å². The van der Waals surface area contributed by atoms with Crippen LogP contribution in [-0.4, -0.2) is 92.8 Å². The number of carbonyl (C=O) groups excluding carboxylic acids is 2. The molecule has 6 N–H and O–H groups in total. The highest BCUT2D eigenvalue weighted by Gasteiger charge is 2.28. The van der Waals surface area contributed by atoms with Gasteiger partial charge in [-0.05, 0) is 44.4 Å². The van der Waals surface area contributed by atoms with E-state index in [0.29, 0.717) is 38.0 Å². The molecule has 0 amide bonds. The second-order valence-corrected chi connectivity index (χ2v) is 16.8. The molecule has 0 aromatic carbocycles. The van der Waals surface area contributed by atoms with Crippen molar-refractivity contribution in [3.63, 3.8) is 0 Å². The molecule has 334 valence electrons. The highest BCUT2D eigenvalue weighted by atomic mass is 31.2. The minimum Gasteiger partial charge on any atom is -0.462 e. The lowest BCUT2D eigenvalue weighted by molar-refractivity contribution is -0.161. The molecular formula is C41H70O15P2. The zero-order valence-electron chi connectivity index (χ0n) is 34.5. The average molecular weight is 865 g/mol. The SMILES string of the molecule is CC/C=C\C[C@H](O)/C=C/C=C\C=C\[C@H](O)C/C=C\C/C=C\CCC(=O)O[C@H](COC(=O)CCCCCCCCCC(C)C)COP(=O)(O)OC[C@@H](O)COP(=O)(O)O. The Hall–Kier alpha value is -2.52. The second-order valence-electron chi connectivity index (χ2n) is 14.1. The number of ether oxygens (including phenoxy) is 2. The van der Waals surface area contributed by atoms with Gasteiger partial charge in [-0.3, -0.25) is 23.2 Å². The van der Waals surface area contributed by atoms with Crippen molar-refractivity contribution in [2.24, 2.45) is 5.92 Å². The molecule has 15 nitrogen and oxygen atoms in total. The number of allylic oxidation sites excluding steroid dienone is 8. The molecule has 0 rings (SSSR count). The Morgan fingerprint density at radius 1 is 0.621 bits per heavy atom. The molecule has 0 aromatic rings. The quantitative estimate of drug-likeness (QED) is 0.0117. The minimum atomic E-state index is -4.88. The normalized spacial score (nSPS) is 16.0. The number of unbranched alkanes of at least 4 members (excludes halogenated alkanes) is 6. The molecule has 0 saturated carbocycles. The molecule has 17 heteroatoms. The van der Waals surface area contributed by atoms with Gasteiger partial charge in [0.15, 0.2) is 6.10 Å². The van der Waals surface area contributed by atoms with Crippen molar-refractivity contribution in [2.45, 2.75) is 141 Å². The molecule has 0 aliphatic carbocycles. The van der Waals surface area contributed by atoms with Gasteiger partial charge < -0.3 is 39.5 Å². The number of hydrogen-bond acceptors (Lipinski definition) is 12. The number of aliphatic hydroxyl groups excluding tert-OH is 3. The van der Waals surface area contributed by atoms with E-state index in [4.69, 9.17) is 23.8 Å². The molecular weight excluding hydrogens is 794 g/mol. The topological polar surface area (TPSA) is 236 Å². The van der Waals surface area contributed by atoms with Gasteiger partial charge in [-0.25, -0.2) is 9.13 Å². The summed E-state index contributed by atoms with van der Waals surface area (Å²) in [6.45, 7) is 3.56. The molecule has 0 aromatic heterocycles. The van der Waals surface area contributed by atoms with Crippen molar-refractivity contribution in [1.82, 2.24) is 0 Å². The average Bonchev–Trinajstić information content (AvgIpc) is 3.15. The van der Waals surface area contributed by atoms with E-state index >= 15 is 0 Å². The fourth-order valence-electron chi connectivity index (χ4n) is 4.85. The van der Waals surface area contributed by atoms with Crippen LogP contribution in [0.5, 0.6) is 0 Å². The number of esters is 2. The highest BCUT2D eigenvalue weighted by Crippen LogP contribution is 2.43. The molecule has 0 radical (unpaired) electrons. The van der Waals surface area contributed by atoms with Crippen molar-refractivity contribution < 1.29 is 71.8 Å². The van der Waals surface area contributed by atoms with Gasteiger partial charge in [0.05, 0.1) is 32.0 Å².